The lowest BCUT2D eigenvalue weighted by Crippen LogP contribution is -2.20. The van der Waals surface area contributed by atoms with Crippen LogP contribution in [0.2, 0.25) is 0 Å². The van der Waals surface area contributed by atoms with Crippen LogP contribution >= 0.6 is 12.2 Å². The van der Waals surface area contributed by atoms with Gasteiger partial charge in [0, 0.05) is 12.3 Å². The van der Waals surface area contributed by atoms with Gasteiger partial charge in [-0.3, -0.25) is 19.3 Å². The Morgan fingerprint density at radius 2 is 2.04 bits per heavy atom. The van der Waals surface area contributed by atoms with Gasteiger partial charge in [-0.2, -0.15) is 0 Å². The van der Waals surface area contributed by atoms with E-state index in [1.54, 1.807) is 0 Å². The second-order valence-electron chi connectivity index (χ2n) is 5.23. The van der Waals surface area contributed by atoms with Crippen LogP contribution < -0.4 is 5.56 Å². The Hall–Kier alpha value is -2.74. The monoisotopic (exact) mass is 347 g/mol. The summed E-state index contributed by atoms with van der Waals surface area (Å²) in [7, 11) is 0. The van der Waals surface area contributed by atoms with Crippen LogP contribution in [0.5, 0.6) is 5.88 Å². The Kier molecular flexibility index (Phi) is 5.30. The SMILES string of the molecule is CC[C@H](C)n1c(O)c(C=Nc2ccc(C(=O)O)cc2)c(=O)[nH]c1=S. The van der Waals surface area contributed by atoms with Gasteiger partial charge in [-0.15, -0.1) is 0 Å². The van der Waals surface area contributed by atoms with E-state index in [0.29, 0.717) is 5.69 Å². The summed E-state index contributed by atoms with van der Waals surface area (Å²) in [5.41, 5.74) is 0.0465. The maximum atomic E-state index is 12.0. The molecule has 0 aliphatic carbocycles. The highest BCUT2D eigenvalue weighted by Crippen LogP contribution is 2.21. The number of aromatic nitrogens is 2. The largest absolute Gasteiger partial charge is 0.494 e. The molecule has 1 aromatic heterocycles. The molecule has 2 aromatic rings. The van der Waals surface area contributed by atoms with Crippen LogP contribution in [0.4, 0.5) is 5.69 Å². The normalized spacial score (nSPS) is 12.4. The van der Waals surface area contributed by atoms with Gasteiger partial charge in [-0.05, 0) is 49.8 Å². The van der Waals surface area contributed by atoms with Crippen molar-refractivity contribution in [2.24, 2.45) is 4.99 Å². The third kappa shape index (κ3) is 3.60. The Morgan fingerprint density at radius 3 is 2.58 bits per heavy atom. The summed E-state index contributed by atoms with van der Waals surface area (Å²) in [6.07, 6.45) is 1.96. The van der Waals surface area contributed by atoms with Crippen molar-refractivity contribution in [3.05, 3.63) is 50.5 Å². The fourth-order valence-electron chi connectivity index (χ4n) is 2.09. The van der Waals surface area contributed by atoms with Gasteiger partial charge in [-0.25, -0.2) is 4.79 Å². The summed E-state index contributed by atoms with van der Waals surface area (Å²) in [4.78, 5) is 29.5. The summed E-state index contributed by atoms with van der Waals surface area (Å²) in [6, 6.07) is 5.75. The van der Waals surface area contributed by atoms with Crippen LogP contribution in [0.3, 0.4) is 0 Å². The Balaban J connectivity index is 2.44. The number of benzene rings is 1. The fraction of sp³-hybridized carbons (Fsp3) is 0.250. The molecule has 7 nitrogen and oxygen atoms in total. The molecule has 0 saturated heterocycles. The quantitative estimate of drug-likeness (QED) is 0.569. The van der Waals surface area contributed by atoms with Gasteiger partial charge in [-0.1, -0.05) is 6.92 Å². The highest BCUT2D eigenvalue weighted by Gasteiger charge is 2.14. The summed E-state index contributed by atoms with van der Waals surface area (Å²) < 4.78 is 1.61. The summed E-state index contributed by atoms with van der Waals surface area (Å²) in [6.45, 7) is 3.81. The van der Waals surface area contributed by atoms with Crippen molar-refractivity contribution in [1.82, 2.24) is 9.55 Å². The van der Waals surface area contributed by atoms with Crippen LogP contribution in [0.1, 0.15) is 42.2 Å². The topological polar surface area (TPSA) is 108 Å². The average Bonchev–Trinajstić information content (AvgIpc) is 2.54. The van der Waals surface area contributed by atoms with Crippen LogP contribution in [-0.4, -0.2) is 31.9 Å². The molecule has 3 N–H and O–H groups in total. The predicted molar refractivity (Wildman–Crippen MR) is 93.2 cm³/mol. The summed E-state index contributed by atoms with van der Waals surface area (Å²) in [5.74, 6) is -1.28. The van der Waals surface area contributed by atoms with Crippen molar-refractivity contribution >= 4 is 30.1 Å². The second kappa shape index (κ2) is 7.22. The third-order valence-electron chi connectivity index (χ3n) is 3.64. The number of carboxylic acid groups (broad SMARTS) is 1. The molecule has 126 valence electrons. The minimum atomic E-state index is -1.03. The van der Waals surface area contributed by atoms with Gasteiger partial charge in [0.05, 0.1) is 11.3 Å². The molecule has 1 aromatic carbocycles. The third-order valence-corrected chi connectivity index (χ3v) is 3.94. The highest BCUT2D eigenvalue weighted by atomic mass is 32.1. The molecule has 0 amide bonds. The molecule has 1 heterocycles. The molecule has 8 heteroatoms. The van der Waals surface area contributed by atoms with Gasteiger partial charge in [0.2, 0.25) is 5.88 Å². The van der Waals surface area contributed by atoms with E-state index >= 15 is 0 Å². The van der Waals surface area contributed by atoms with Crippen molar-refractivity contribution < 1.29 is 15.0 Å². The number of carbonyl (C=O) groups is 1. The number of nitrogens with one attached hydrogen (secondary N) is 1. The van der Waals surface area contributed by atoms with E-state index in [1.807, 2.05) is 13.8 Å². The molecule has 0 aliphatic rings. The number of carboxylic acids is 1. The highest BCUT2D eigenvalue weighted by molar-refractivity contribution is 7.71. The number of H-pyrrole nitrogens is 1. The number of aromatic amines is 1. The minimum Gasteiger partial charge on any atom is -0.494 e. The van der Waals surface area contributed by atoms with Gasteiger partial charge in [0.15, 0.2) is 4.77 Å². The second-order valence-corrected chi connectivity index (χ2v) is 5.62. The number of nitrogens with zero attached hydrogens (tertiary/aromatic N) is 2. The smallest absolute Gasteiger partial charge is 0.335 e. The maximum absolute atomic E-state index is 12.0. The van der Waals surface area contributed by atoms with E-state index in [4.69, 9.17) is 17.3 Å². The first-order valence-corrected chi connectivity index (χ1v) is 7.71. The summed E-state index contributed by atoms with van der Waals surface area (Å²) in [5, 5.41) is 19.2. The number of aliphatic imine (C=N–C) groups is 1. The van der Waals surface area contributed by atoms with Crippen molar-refractivity contribution in [1.29, 1.82) is 0 Å². The number of rotatable bonds is 5. The van der Waals surface area contributed by atoms with Crippen LogP contribution in [0.25, 0.3) is 0 Å². The van der Waals surface area contributed by atoms with E-state index < -0.39 is 11.5 Å². The molecule has 0 unspecified atom stereocenters. The number of aromatic hydroxyl groups is 1. The lowest BCUT2D eigenvalue weighted by molar-refractivity contribution is 0.0697. The fourth-order valence-corrected chi connectivity index (χ4v) is 2.45. The molecule has 0 fully saturated rings. The van der Waals surface area contributed by atoms with E-state index in [2.05, 4.69) is 9.98 Å². The number of hydrogen-bond donors (Lipinski definition) is 3. The Labute approximate surface area is 142 Å². The number of hydrogen-bond acceptors (Lipinski definition) is 5. The Morgan fingerprint density at radius 1 is 1.42 bits per heavy atom. The van der Waals surface area contributed by atoms with Gasteiger partial charge >= 0.3 is 5.97 Å². The van der Waals surface area contributed by atoms with Crippen LogP contribution in [0, 0.1) is 4.77 Å². The predicted octanol–water partition coefficient (Wildman–Crippen LogP) is 3.03. The van der Waals surface area contributed by atoms with Crippen LogP contribution in [0.15, 0.2) is 34.1 Å². The Bertz CT molecular complexity index is 897. The first-order valence-electron chi connectivity index (χ1n) is 7.30. The maximum Gasteiger partial charge on any atom is 0.335 e. The molecule has 0 saturated carbocycles. The number of aromatic carboxylic acids is 1. The first kappa shape index (κ1) is 17.6. The first-order chi connectivity index (χ1) is 11.3. The van der Waals surface area contributed by atoms with E-state index in [1.165, 1.54) is 35.0 Å². The molecule has 1 atom stereocenters. The van der Waals surface area contributed by atoms with Crippen molar-refractivity contribution in [2.45, 2.75) is 26.3 Å². The van der Waals surface area contributed by atoms with Crippen molar-refractivity contribution in [3.8, 4) is 5.88 Å². The average molecular weight is 347 g/mol. The zero-order valence-electron chi connectivity index (χ0n) is 13.2. The van der Waals surface area contributed by atoms with Gasteiger partial charge in [0.25, 0.3) is 5.56 Å². The van der Waals surface area contributed by atoms with Gasteiger partial charge in [0.1, 0.15) is 5.56 Å². The standard InChI is InChI=1S/C16H17N3O4S/c1-3-9(2)19-14(21)12(13(20)18-16(19)24)8-17-11-6-4-10(5-7-11)15(22)23/h4-9,21H,3H2,1-2H3,(H,22,23)(H,18,20,24)/t9-/m0/s1. The zero-order valence-corrected chi connectivity index (χ0v) is 14.0. The van der Waals surface area contributed by atoms with Gasteiger partial charge < -0.3 is 10.2 Å². The molecule has 0 radical (unpaired) electrons. The lowest BCUT2D eigenvalue weighted by atomic mass is 10.2. The summed E-state index contributed by atoms with van der Waals surface area (Å²) >= 11 is 5.09. The van der Waals surface area contributed by atoms with E-state index in [0.717, 1.165) is 6.42 Å². The molecule has 0 aliphatic heterocycles. The van der Waals surface area contributed by atoms with E-state index in [-0.39, 0.29) is 27.8 Å². The lowest BCUT2D eigenvalue weighted by Gasteiger charge is -2.16. The molecule has 2 rings (SSSR count). The molecular weight excluding hydrogens is 330 g/mol. The molecule has 24 heavy (non-hydrogen) atoms. The molecule has 0 bridgehead atoms. The zero-order chi connectivity index (χ0) is 17.9. The van der Waals surface area contributed by atoms with E-state index in [9.17, 15) is 14.7 Å². The molecular formula is C16H17N3O4S. The molecule has 0 spiro atoms. The van der Waals surface area contributed by atoms with Crippen molar-refractivity contribution in [2.75, 3.05) is 0 Å². The minimum absolute atomic E-state index is 0.00814. The van der Waals surface area contributed by atoms with Crippen molar-refractivity contribution in [3.63, 3.8) is 0 Å². The van der Waals surface area contributed by atoms with Crippen LogP contribution in [-0.2, 0) is 0 Å².